The first-order valence-electron chi connectivity index (χ1n) is 7.27. The van der Waals surface area contributed by atoms with Crippen LogP contribution in [0.25, 0.3) is 0 Å². The fourth-order valence-electron chi connectivity index (χ4n) is 1.94. The third kappa shape index (κ3) is 5.55. The second kappa shape index (κ2) is 8.81. The quantitative estimate of drug-likeness (QED) is 0.720. The number of anilines is 1. The van der Waals surface area contributed by atoms with Crippen molar-refractivity contribution in [1.82, 2.24) is 0 Å². The van der Waals surface area contributed by atoms with Gasteiger partial charge in [-0.05, 0) is 44.0 Å². The van der Waals surface area contributed by atoms with E-state index in [0.717, 1.165) is 0 Å². The molecule has 120 valence electrons. The molecule has 1 rings (SSSR count). The van der Waals surface area contributed by atoms with Gasteiger partial charge in [-0.25, -0.2) is 4.79 Å². The van der Waals surface area contributed by atoms with E-state index in [9.17, 15) is 14.4 Å². The van der Waals surface area contributed by atoms with Crippen molar-refractivity contribution >= 4 is 23.5 Å². The largest absolute Gasteiger partial charge is 0.481 e. The van der Waals surface area contributed by atoms with Crippen molar-refractivity contribution in [1.29, 1.82) is 0 Å². The summed E-state index contributed by atoms with van der Waals surface area (Å²) in [5.74, 6) is -2.04. The normalized spacial score (nSPS) is 11.5. The molecule has 0 saturated heterocycles. The van der Waals surface area contributed by atoms with Crippen molar-refractivity contribution in [2.24, 2.45) is 5.92 Å². The topological polar surface area (TPSA) is 92.7 Å². The molecule has 1 amide bonds. The van der Waals surface area contributed by atoms with E-state index in [0.29, 0.717) is 30.7 Å². The van der Waals surface area contributed by atoms with Crippen LogP contribution in [0.3, 0.4) is 0 Å². The molecule has 0 unspecified atom stereocenters. The molecule has 1 aromatic carbocycles. The van der Waals surface area contributed by atoms with Gasteiger partial charge in [-0.1, -0.05) is 6.92 Å². The molecule has 1 atom stereocenters. The van der Waals surface area contributed by atoms with Gasteiger partial charge in [-0.15, -0.1) is 0 Å². The Morgan fingerprint density at radius 3 is 2.32 bits per heavy atom. The Labute approximate surface area is 129 Å². The number of benzene rings is 1. The molecule has 22 heavy (non-hydrogen) atoms. The third-order valence-electron chi connectivity index (χ3n) is 3.24. The molecule has 0 aliphatic carbocycles. The highest BCUT2D eigenvalue weighted by atomic mass is 16.5. The van der Waals surface area contributed by atoms with Gasteiger partial charge in [0.05, 0.1) is 18.1 Å². The fraction of sp³-hybridized carbons (Fsp3) is 0.438. The van der Waals surface area contributed by atoms with E-state index in [-0.39, 0.29) is 12.3 Å². The lowest BCUT2D eigenvalue weighted by atomic mass is 10.0. The number of carboxylic acid groups (broad SMARTS) is 1. The fourth-order valence-corrected chi connectivity index (χ4v) is 1.94. The van der Waals surface area contributed by atoms with Gasteiger partial charge in [0, 0.05) is 12.1 Å². The number of hydrogen-bond donors (Lipinski definition) is 2. The first-order chi connectivity index (χ1) is 10.5. The summed E-state index contributed by atoms with van der Waals surface area (Å²) in [4.78, 5) is 34.1. The predicted molar refractivity (Wildman–Crippen MR) is 81.7 cm³/mol. The van der Waals surface area contributed by atoms with E-state index < -0.39 is 17.9 Å². The molecule has 1 aromatic rings. The van der Waals surface area contributed by atoms with E-state index in [1.54, 1.807) is 38.1 Å². The van der Waals surface area contributed by atoms with Crippen LogP contribution >= 0.6 is 0 Å². The molecule has 0 spiro atoms. The van der Waals surface area contributed by atoms with Crippen molar-refractivity contribution < 1.29 is 24.2 Å². The lowest BCUT2D eigenvalue weighted by Gasteiger charge is -2.10. The van der Waals surface area contributed by atoms with Crippen molar-refractivity contribution in [3.63, 3.8) is 0 Å². The Kier molecular flexibility index (Phi) is 7.08. The molecule has 2 N–H and O–H groups in total. The van der Waals surface area contributed by atoms with Crippen molar-refractivity contribution in [3.05, 3.63) is 29.8 Å². The van der Waals surface area contributed by atoms with Crippen LogP contribution in [0.4, 0.5) is 5.69 Å². The zero-order valence-electron chi connectivity index (χ0n) is 12.8. The highest BCUT2D eigenvalue weighted by molar-refractivity contribution is 5.93. The first kappa shape index (κ1) is 17.7. The van der Waals surface area contributed by atoms with Crippen molar-refractivity contribution in [2.75, 3.05) is 11.9 Å². The molecular formula is C16H21NO5. The van der Waals surface area contributed by atoms with Gasteiger partial charge in [0.25, 0.3) is 0 Å². The summed E-state index contributed by atoms with van der Waals surface area (Å²) >= 11 is 0. The number of aliphatic carboxylic acids is 1. The minimum absolute atomic E-state index is 0.143. The van der Waals surface area contributed by atoms with Gasteiger partial charge >= 0.3 is 11.9 Å². The van der Waals surface area contributed by atoms with E-state index in [1.807, 2.05) is 0 Å². The van der Waals surface area contributed by atoms with Crippen LogP contribution in [-0.4, -0.2) is 29.6 Å². The lowest BCUT2D eigenvalue weighted by Crippen LogP contribution is -2.17. The lowest BCUT2D eigenvalue weighted by molar-refractivity contribution is -0.142. The van der Waals surface area contributed by atoms with Crippen LogP contribution < -0.4 is 5.32 Å². The molecule has 6 heteroatoms. The summed E-state index contributed by atoms with van der Waals surface area (Å²) < 4.78 is 4.87. The average Bonchev–Trinajstić information content (AvgIpc) is 2.48. The van der Waals surface area contributed by atoms with E-state index >= 15 is 0 Å². The smallest absolute Gasteiger partial charge is 0.338 e. The highest BCUT2D eigenvalue weighted by Gasteiger charge is 2.16. The van der Waals surface area contributed by atoms with Gasteiger partial charge in [0.15, 0.2) is 0 Å². The molecular weight excluding hydrogens is 286 g/mol. The number of carbonyl (C=O) groups excluding carboxylic acids is 2. The maximum absolute atomic E-state index is 11.8. The molecule has 6 nitrogen and oxygen atoms in total. The zero-order chi connectivity index (χ0) is 16.5. The summed E-state index contributed by atoms with van der Waals surface area (Å²) in [6.07, 6.45) is 0.944. The van der Waals surface area contributed by atoms with Gasteiger partial charge in [-0.2, -0.15) is 0 Å². The molecule has 0 heterocycles. The molecule has 0 aliphatic rings. The van der Waals surface area contributed by atoms with Crippen LogP contribution in [0.5, 0.6) is 0 Å². The number of carbonyl (C=O) groups is 3. The minimum atomic E-state index is -0.880. The van der Waals surface area contributed by atoms with Gasteiger partial charge in [0.2, 0.25) is 5.91 Å². The maximum atomic E-state index is 11.8. The Morgan fingerprint density at radius 1 is 1.18 bits per heavy atom. The van der Waals surface area contributed by atoms with Crippen LogP contribution in [-0.2, 0) is 14.3 Å². The Hall–Kier alpha value is -2.37. The number of nitrogens with one attached hydrogen (secondary N) is 1. The number of carboxylic acids is 1. The average molecular weight is 307 g/mol. The Morgan fingerprint density at radius 2 is 1.82 bits per heavy atom. The summed E-state index contributed by atoms with van der Waals surface area (Å²) in [5.41, 5.74) is 0.971. The predicted octanol–water partition coefficient (Wildman–Crippen LogP) is 2.69. The number of esters is 1. The van der Waals surface area contributed by atoms with Crippen LogP contribution in [0.2, 0.25) is 0 Å². The first-order valence-corrected chi connectivity index (χ1v) is 7.27. The van der Waals surface area contributed by atoms with E-state index in [4.69, 9.17) is 9.84 Å². The third-order valence-corrected chi connectivity index (χ3v) is 3.24. The number of rotatable bonds is 8. The minimum Gasteiger partial charge on any atom is -0.481 e. The molecule has 0 aliphatic heterocycles. The number of amides is 1. The summed E-state index contributed by atoms with van der Waals surface area (Å²) in [6, 6.07) is 6.36. The molecule has 0 radical (unpaired) electrons. The Balaban J connectivity index is 2.51. The van der Waals surface area contributed by atoms with Gasteiger partial charge in [-0.3, -0.25) is 9.59 Å². The second-order valence-corrected chi connectivity index (χ2v) is 4.83. The number of ether oxygens (including phenoxy) is 1. The Bertz CT molecular complexity index is 524. The molecule has 0 fully saturated rings. The van der Waals surface area contributed by atoms with E-state index in [1.165, 1.54) is 0 Å². The summed E-state index contributed by atoms with van der Waals surface area (Å²) in [6.45, 7) is 3.82. The van der Waals surface area contributed by atoms with Crippen LogP contribution in [0, 0.1) is 5.92 Å². The molecule has 0 aromatic heterocycles. The highest BCUT2D eigenvalue weighted by Crippen LogP contribution is 2.14. The van der Waals surface area contributed by atoms with E-state index in [2.05, 4.69) is 5.32 Å². The summed E-state index contributed by atoms with van der Waals surface area (Å²) in [5, 5.41) is 11.6. The standard InChI is InChI=1S/C16H21NO5/c1-3-11(15(19)20)7-10-14(18)17-13-8-5-12(6-9-13)16(21)22-4-2/h5-6,8-9,11H,3-4,7,10H2,1-2H3,(H,17,18)(H,19,20)/t11-/m0/s1. The second-order valence-electron chi connectivity index (χ2n) is 4.83. The van der Waals surface area contributed by atoms with Gasteiger partial charge < -0.3 is 15.2 Å². The van der Waals surface area contributed by atoms with Crippen LogP contribution in [0.15, 0.2) is 24.3 Å². The van der Waals surface area contributed by atoms with Crippen molar-refractivity contribution in [2.45, 2.75) is 33.1 Å². The van der Waals surface area contributed by atoms with Crippen LogP contribution in [0.1, 0.15) is 43.5 Å². The summed E-state index contributed by atoms with van der Waals surface area (Å²) in [7, 11) is 0. The molecule has 0 bridgehead atoms. The maximum Gasteiger partial charge on any atom is 0.338 e. The molecule has 0 saturated carbocycles. The SMILES string of the molecule is CCOC(=O)c1ccc(NC(=O)CC[C@H](CC)C(=O)O)cc1. The van der Waals surface area contributed by atoms with Gasteiger partial charge in [0.1, 0.15) is 0 Å². The monoisotopic (exact) mass is 307 g/mol. The zero-order valence-corrected chi connectivity index (χ0v) is 12.8. The van der Waals surface area contributed by atoms with Crippen molar-refractivity contribution in [3.8, 4) is 0 Å². The number of hydrogen-bond acceptors (Lipinski definition) is 4.